The molecule has 0 radical (unpaired) electrons. The van der Waals surface area contributed by atoms with Crippen LogP contribution in [0.4, 0.5) is 0 Å². The summed E-state index contributed by atoms with van der Waals surface area (Å²) in [5, 5.41) is 0. The van der Waals surface area contributed by atoms with Crippen molar-refractivity contribution in [2.75, 3.05) is 19.7 Å². The van der Waals surface area contributed by atoms with Crippen molar-refractivity contribution >= 4 is 8.25 Å². The average Bonchev–Trinajstić information content (AvgIpc) is 1.89. The Morgan fingerprint density at radius 1 is 1.73 bits per heavy atom. The second-order valence-corrected chi connectivity index (χ2v) is 2.30. The Hall–Kier alpha value is 0.940. The van der Waals surface area contributed by atoms with Crippen molar-refractivity contribution in [1.29, 1.82) is 0 Å². The molecule has 0 spiro atoms. The molecule has 0 bridgehead atoms. The second-order valence-electron chi connectivity index (χ2n) is 1.42. The monoisotopic (exact) mass is 191 g/mol. The van der Waals surface area contributed by atoms with E-state index in [1.807, 2.05) is 0 Å². The van der Waals surface area contributed by atoms with Gasteiger partial charge in [0.05, 0.1) is 0 Å². The van der Waals surface area contributed by atoms with Crippen molar-refractivity contribution in [3.63, 3.8) is 0 Å². The molecule has 0 aliphatic carbocycles. The Morgan fingerprint density at radius 2 is 2.36 bits per heavy atom. The van der Waals surface area contributed by atoms with E-state index in [0.29, 0.717) is 19.7 Å². The quantitative estimate of drug-likeness (QED) is 0.206. The number of hydroxylamine groups is 1. The van der Waals surface area contributed by atoms with E-state index < -0.39 is 8.25 Å². The van der Waals surface area contributed by atoms with Crippen LogP contribution >= 0.6 is 8.25 Å². The largest absolute Gasteiger partial charge is 1.00 e. The minimum atomic E-state index is -2.01. The van der Waals surface area contributed by atoms with E-state index in [-0.39, 0.29) is 31.0 Å². The van der Waals surface area contributed by atoms with Gasteiger partial charge in [0, 0.05) is 17.7 Å². The predicted molar refractivity (Wildman–Crippen MR) is 38.5 cm³/mol. The molecule has 0 aromatic heterocycles. The van der Waals surface area contributed by atoms with Crippen LogP contribution in [0.3, 0.4) is 0 Å². The molecule has 1 unspecified atom stereocenters. The topological polar surface area (TPSA) is 73.6 Å². The zero-order valence-electron chi connectivity index (χ0n) is 7.87. The molecule has 3 N–H and O–H groups in total. The number of nitrogens with two attached hydrogens (primary N) is 1. The Labute approximate surface area is 90.7 Å². The summed E-state index contributed by atoms with van der Waals surface area (Å²) >= 11 is 0. The standard InChI is InChI=1S/C4H12N2O3P.Na.H/c1-2-8-10(7)9-6-4-3-5;;/h6H,2-5H2,1H3;;/q2*+1;-1. The molecule has 62 valence electrons. The van der Waals surface area contributed by atoms with Gasteiger partial charge < -0.3 is 7.16 Å². The van der Waals surface area contributed by atoms with Gasteiger partial charge in [0.25, 0.3) is 0 Å². The van der Waals surface area contributed by atoms with E-state index in [9.17, 15) is 4.57 Å². The number of rotatable bonds is 6. The van der Waals surface area contributed by atoms with Crippen molar-refractivity contribution in [3.05, 3.63) is 0 Å². The predicted octanol–water partition coefficient (Wildman–Crippen LogP) is -2.72. The third-order valence-electron chi connectivity index (χ3n) is 0.620. The molecule has 0 rings (SSSR count). The zero-order valence-corrected chi connectivity index (χ0v) is 9.77. The Morgan fingerprint density at radius 3 is 2.82 bits per heavy atom. The molecule has 0 saturated heterocycles. The third kappa shape index (κ3) is 10.9. The van der Waals surface area contributed by atoms with Crippen LogP contribution in [-0.4, -0.2) is 19.7 Å². The minimum Gasteiger partial charge on any atom is -1.00 e. The maximum Gasteiger partial charge on any atom is 1.00 e. The van der Waals surface area contributed by atoms with Gasteiger partial charge >= 0.3 is 37.8 Å². The summed E-state index contributed by atoms with van der Waals surface area (Å²) in [5.41, 5.74) is 7.50. The van der Waals surface area contributed by atoms with Crippen molar-refractivity contribution in [2.45, 2.75) is 6.92 Å². The first kappa shape index (κ1) is 14.5. The van der Waals surface area contributed by atoms with Crippen LogP contribution in [-0.2, 0) is 13.7 Å². The fourth-order valence-corrected chi connectivity index (χ4v) is 0.749. The number of hydrogen-bond donors (Lipinski definition) is 2. The van der Waals surface area contributed by atoms with Gasteiger partial charge in [-0.25, -0.2) is 0 Å². The molecule has 0 heterocycles. The van der Waals surface area contributed by atoms with Crippen LogP contribution in [0.1, 0.15) is 8.35 Å². The summed E-state index contributed by atoms with van der Waals surface area (Å²) in [7, 11) is -2.01. The van der Waals surface area contributed by atoms with Crippen LogP contribution in [0.25, 0.3) is 0 Å². The van der Waals surface area contributed by atoms with Gasteiger partial charge in [0.2, 0.25) is 0 Å². The van der Waals surface area contributed by atoms with Crippen molar-refractivity contribution in [3.8, 4) is 0 Å². The van der Waals surface area contributed by atoms with E-state index in [1.54, 1.807) is 6.92 Å². The SMILES string of the molecule is CCO[P+](=O)ONCCN.[H-].[Na+]. The minimum absolute atomic E-state index is 0. The van der Waals surface area contributed by atoms with E-state index in [4.69, 9.17) is 5.73 Å². The summed E-state index contributed by atoms with van der Waals surface area (Å²) in [6, 6.07) is 0. The van der Waals surface area contributed by atoms with E-state index in [0.717, 1.165) is 0 Å². The fraction of sp³-hybridized carbons (Fsp3) is 1.00. The molecule has 5 nitrogen and oxygen atoms in total. The molecule has 0 fully saturated rings. The van der Waals surface area contributed by atoms with E-state index in [2.05, 4.69) is 14.6 Å². The molecule has 0 amide bonds. The summed E-state index contributed by atoms with van der Waals surface area (Å²) in [4.78, 5) is 0. The molecule has 0 aliphatic heterocycles. The first-order valence-corrected chi connectivity index (χ1v) is 4.10. The Balaban J connectivity index is -0.000000405. The van der Waals surface area contributed by atoms with Crippen LogP contribution in [0, 0.1) is 0 Å². The maximum atomic E-state index is 10.5. The normalized spacial score (nSPS) is 10.5. The third-order valence-corrected chi connectivity index (χ3v) is 1.37. The Kier molecular flexibility index (Phi) is 14.4. The fourth-order valence-electron chi connectivity index (χ4n) is 0.289. The number of hydrogen-bond acceptors (Lipinski definition) is 5. The summed E-state index contributed by atoms with van der Waals surface area (Å²) < 4.78 is 19.6. The molecule has 0 aromatic carbocycles. The maximum absolute atomic E-state index is 10.5. The van der Waals surface area contributed by atoms with Crippen LogP contribution in [0.2, 0.25) is 0 Å². The number of nitrogens with one attached hydrogen (secondary N) is 1. The van der Waals surface area contributed by atoms with Crippen LogP contribution in [0.5, 0.6) is 0 Å². The summed E-state index contributed by atoms with van der Waals surface area (Å²) in [6.07, 6.45) is 0. The first-order chi connectivity index (χ1) is 4.81. The van der Waals surface area contributed by atoms with Gasteiger partial charge in [-0.3, -0.25) is 0 Å². The zero-order chi connectivity index (χ0) is 7.82. The van der Waals surface area contributed by atoms with E-state index in [1.165, 1.54) is 0 Å². The van der Waals surface area contributed by atoms with Gasteiger partial charge in [-0.1, -0.05) is 0 Å². The Bertz CT molecular complexity index is 110. The van der Waals surface area contributed by atoms with Gasteiger partial charge in [-0.05, 0) is 11.5 Å². The molecular weight excluding hydrogens is 178 g/mol. The average molecular weight is 191 g/mol. The van der Waals surface area contributed by atoms with Gasteiger partial charge in [0.1, 0.15) is 6.61 Å². The van der Waals surface area contributed by atoms with Crippen LogP contribution < -0.4 is 40.8 Å². The molecule has 0 aromatic rings. The van der Waals surface area contributed by atoms with Gasteiger partial charge in [-0.15, -0.1) is 10.0 Å². The molecular formula is C4H13N2NaO3P+. The van der Waals surface area contributed by atoms with Crippen molar-refractivity contribution < 1.29 is 44.7 Å². The smallest absolute Gasteiger partial charge is 1.00 e. The molecule has 7 heteroatoms. The van der Waals surface area contributed by atoms with Crippen molar-refractivity contribution in [1.82, 2.24) is 5.48 Å². The summed E-state index contributed by atoms with van der Waals surface area (Å²) in [6.45, 7) is 3.02. The van der Waals surface area contributed by atoms with Gasteiger partial charge in [-0.2, -0.15) is 0 Å². The van der Waals surface area contributed by atoms with E-state index >= 15 is 0 Å². The second kappa shape index (κ2) is 10.9. The van der Waals surface area contributed by atoms with Crippen molar-refractivity contribution in [2.24, 2.45) is 5.73 Å². The molecule has 0 aliphatic rings. The van der Waals surface area contributed by atoms with Gasteiger partial charge in [0.15, 0.2) is 0 Å². The van der Waals surface area contributed by atoms with Crippen LogP contribution in [0.15, 0.2) is 0 Å². The first-order valence-electron chi connectivity index (χ1n) is 3.01. The molecule has 11 heavy (non-hydrogen) atoms. The summed E-state index contributed by atoms with van der Waals surface area (Å²) in [5.74, 6) is 0. The molecule has 0 saturated carbocycles. The molecule has 1 atom stereocenters.